The zero-order valence-electron chi connectivity index (χ0n) is 18.7. The summed E-state index contributed by atoms with van der Waals surface area (Å²) >= 11 is 0. The molecule has 0 fully saturated rings. The van der Waals surface area contributed by atoms with Crippen LogP contribution in [0, 0.1) is 5.92 Å². The lowest BCUT2D eigenvalue weighted by Gasteiger charge is -2.44. The largest absolute Gasteiger partial charge is 0.389 e. The molecule has 0 aliphatic heterocycles. The molecule has 0 bridgehead atoms. The Morgan fingerprint density at radius 2 is 1.63 bits per heavy atom. The first-order valence-electron chi connectivity index (χ1n) is 11.0. The molecule has 0 heterocycles. The van der Waals surface area contributed by atoms with E-state index in [1.807, 2.05) is 67.6 Å². The minimum absolute atomic E-state index is 0.0949. The van der Waals surface area contributed by atoms with Crippen molar-refractivity contribution in [1.29, 1.82) is 0 Å². The smallest absolute Gasteiger partial charge is 0.149 e. The van der Waals surface area contributed by atoms with Crippen LogP contribution in [-0.2, 0) is 4.57 Å². The molecule has 1 aliphatic carbocycles. The van der Waals surface area contributed by atoms with Crippen LogP contribution in [0.25, 0.3) is 0 Å². The molecule has 0 spiro atoms. The molecule has 1 N–H and O–H groups in total. The van der Waals surface area contributed by atoms with Crippen LogP contribution in [0.3, 0.4) is 0 Å². The summed E-state index contributed by atoms with van der Waals surface area (Å²) in [7, 11) is -3.11. The standard InChI is InChI=1S/C27H35O2P/c1-21(2)15-20-26(27(4,28)23-18-16-22(3)17-19-23)30(29,24-11-7-5-8-12-24)25-13-9-6-10-14-25/h5-16,23,26,28H,17-20H2,1-4H3/t23?,26-,27-/m0/s1. The van der Waals surface area contributed by atoms with Crippen molar-refractivity contribution in [2.24, 2.45) is 5.92 Å². The summed E-state index contributed by atoms with van der Waals surface area (Å²) in [4.78, 5) is 0. The van der Waals surface area contributed by atoms with Gasteiger partial charge in [0.25, 0.3) is 0 Å². The molecule has 0 amide bonds. The number of benzene rings is 2. The van der Waals surface area contributed by atoms with E-state index in [4.69, 9.17) is 0 Å². The zero-order chi connectivity index (χ0) is 21.8. The van der Waals surface area contributed by atoms with Crippen molar-refractivity contribution in [3.05, 3.63) is 84.0 Å². The number of rotatable bonds is 7. The highest BCUT2D eigenvalue weighted by Crippen LogP contribution is 2.56. The second kappa shape index (κ2) is 9.50. The lowest BCUT2D eigenvalue weighted by molar-refractivity contribution is -0.00882. The minimum atomic E-state index is -3.11. The maximum Gasteiger partial charge on any atom is 0.149 e. The van der Waals surface area contributed by atoms with Crippen molar-refractivity contribution in [3.8, 4) is 0 Å². The lowest BCUT2D eigenvalue weighted by atomic mass is 9.76. The van der Waals surface area contributed by atoms with Crippen LogP contribution in [0.1, 0.15) is 53.4 Å². The average Bonchev–Trinajstić information content (AvgIpc) is 2.75. The molecule has 3 heteroatoms. The average molecular weight is 423 g/mol. The Balaban J connectivity index is 2.18. The van der Waals surface area contributed by atoms with Crippen LogP contribution in [0.2, 0.25) is 0 Å². The molecule has 2 nitrogen and oxygen atoms in total. The van der Waals surface area contributed by atoms with Crippen LogP contribution < -0.4 is 10.6 Å². The highest BCUT2D eigenvalue weighted by atomic mass is 31.2. The quantitative estimate of drug-likeness (QED) is 0.425. The maximum absolute atomic E-state index is 15.1. The molecule has 1 aliphatic rings. The van der Waals surface area contributed by atoms with E-state index >= 15 is 4.57 Å². The fourth-order valence-corrected chi connectivity index (χ4v) is 8.28. The van der Waals surface area contributed by atoms with Gasteiger partial charge in [0, 0.05) is 10.6 Å². The van der Waals surface area contributed by atoms with Crippen molar-refractivity contribution in [1.82, 2.24) is 0 Å². The third-order valence-corrected chi connectivity index (χ3v) is 10.3. The lowest BCUT2D eigenvalue weighted by Crippen LogP contribution is -2.49. The van der Waals surface area contributed by atoms with Crippen LogP contribution in [-0.4, -0.2) is 16.4 Å². The number of hydrogen-bond acceptors (Lipinski definition) is 2. The van der Waals surface area contributed by atoms with Crippen LogP contribution in [0.15, 0.2) is 84.0 Å². The number of aliphatic hydroxyl groups is 1. The Hall–Kier alpha value is -1.89. The molecule has 160 valence electrons. The number of hydrogen-bond donors (Lipinski definition) is 1. The topological polar surface area (TPSA) is 37.3 Å². The molecule has 3 atom stereocenters. The van der Waals surface area contributed by atoms with Gasteiger partial charge in [-0.2, -0.15) is 0 Å². The normalized spacial score (nSPS) is 20.0. The maximum atomic E-state index is 15.1. The van der Waals surface area contributed by atoms with Gasteiger partial charge >= 0.3 is 0 Å². The van der Waals surface area contributed by atoms with Gasteiger partial charge in [0.2, 0.25) is 0 Å². The zero-order valence-corrected chi connectivity index (χ0v) is 19.6. The summed E-state index contributed by atoms with van der Waals surface area (Å²) in [6.45, 7) is 8.21. The van der Waals surface area contributed by atoms with E-state index in [2.05, 4.69) is 32.9 Å². The predicted octanol–water partition coefficient (Wildman–Crippen LogP) is 6.22. The summed E-state index contributed by atoms with van der Waals surface area (Å²) in [5.74, 6) is 0.0949. The van der Waals surface area contributed by atoms with Crippen molar-refractivity contribution >= 4 is 17.8 Å². The minimum Gasteiger partial charge on any atom is -0.389 e. The number of allylic oxidation sites excluding steroid dienone is 4. The highest BCUT2D eigenvalue weighted by molar-refractivity contribution is 7.79. The Morgan fingerprint density at radius 1 is 1.10 bits per heavy atom. The third-order valence-electron chi connectivity index (χ3n) is 6.61. The summed E-state index contributed by atoms with van der Waals surface area (Å²) in [6, 6.07) is 19.6. The summed E-state index contributed by atoms with van der Waals surface area (Å²) in [6.07, 6.45) is 7.75. The van der Waals surface area contributed by atoms with E-state index in [-0.39, 0.29) is 11.6 Å². The Labute approximate surface area is 182 Å². The van der Waals surface area contributed by atoms with E-state index in [0.717, 1.165) is 29.9 Å². The van der Waals surface area contributed by atoms with Crippen molar-refractivity contribution < 1.29 is 9.67 Å². The second-order valence-corrected chi connectivity index (χ2v) is 12.1. The summed E-state index contributed by atoms with van der Waals surface area (Å²) < 4.78 is 15.1. The molecule has 3 rings (SSSR count). The van der Waals surface area contributed by atoms with Crippen LogP contribution >= 0.6 is 7.14 Å². The van der Waals surface area contributed by atoms with E-state index < -0.39 is 12.7 Å². The predicted molar refractivity (Wildman–Crippen MR) is 129 cm³/mol. The molecule has 2 aromatic rings. The fraction of sp³-hybridized carbons (Fsp3) is 0.407. The third kappa shape index (κ3) is 4.71. The first-order chi connectivity index (χ1) is 14.3. The van der Waals surface area contributed by atoms with Gasteiger partial charge in [-0.3, -0.25) is 0 Å². The van der Waals surface area contributed by atoms with Crippen LogP contribution in [0.5, 0.6) is 0 Å². The molecule has 0 saturated carbocycles. The molecular weight excluding hydrogens is 387 g/mol. The van der Waals surface area contributed by atoms with Crippen molar-refractivity contribution in [3.63, 3.8) is 0 Å². The highest BCUT2D eigenvalue weighted by Gasteiger charge is 2.49. The van der Waals surface area contributed by atoms with Gasteiger partial charge in [-0.25, -0.2) is 0 Å². The van der Waals surface area contributed by atoms with Gasteiger partial charge < -0.3 is 9.67 Å². The monoisotopic (exact) mass is 422 g/mol. The molecular formula is C27H35O2P. The van der Waals surface area contributed by atoms with E-state index in [9.17, 15) is 5.11 Å². The Bertz CT molecular complexity index is 894. The van der Waals surface area contributed by atoms with Crippen LogP contribution in [0.4, 0.5) is 0 Å². The Morgan fingerprint density at radius 3 is 2.07 bits per heavy atom. The molecule has 2 aromatic carbocycles. The second-order valence-electron chi connectivity index (χ2n) is 9.11. The molecule has 0 aromatic heterocycles. The fourth-order valence-electron chi connectivity index (χ4n) is 4.68. The van der Waals surface area contributed by atoms with E-state index in [1.165, 1.54) is 11.1 Å². The Kier molecular flexibility index (Phi) is 7.22. The molecule has 1 unspecified atom stereocenters. The van der Waals surface area contributed by atoms with E-state index in [1.54, 1.807) is 0 Å². The van der Waals surface area contributed by atoms with Gasteiger partial charge in [-0.05, 0) is 59.3 Å². The summed E-state index contributed by atoms with van der Waals surface area (Å²) in [5, 5.41) is 13.7. The van der Waals surface area contributed by atoms with Crippen molar-refractivity contribution in [2.75, 3.05) is 0 Å². The van der Waals surface area contributed by atoms with Gasteiger partial charge in [0.1, 0.15) is 7.14 Å². The van der Waals surface area contributed by atoms with Gasteiger partial charge in [0.15, 0.2) is 0 Å². The molecule has 30 heavy (non-hydrogen) atoms. The van der Waals surface area contributed by atoms with Gasteiger partial charge in [-0.1, -0.05) is 84.0 Å². The van der Waals surface area contributed by atoms with Crippen molar-refractivity contribution in [2.45, 2.75) is 64.6 Å². The first-order valence-corrected chi connectivity index (χ1v) is 12.8. The van der Waals surface area contributed by atoms with E-state index in [0.29, 0.717) is 6.42 Å². The summed E-state index contributed by atoms with van der Waals surface area (Å²) in [5.41, 5.74) is 1.13. The first kappa shape index (κ1) is 22.8. The molecule has 0 saturated heterocycles. The van der Waals surface area contributed by atoms with Gasteiger partial charge in [-0.15, -0.1) is 0 Å². The molecule has 0 radical (unpaired) electrons. The SMILES string of the molecule is CC(C)=CC[C@@H]([C@@](C)(O)C1CC=C(C)CC1)P(=O)(c1ccccc1)c1ccccc1. The van der Waals surface area contributed by atoms with Gasteiger partial charge in [0.05, 0.1) is 11.3 Å².